The molecule has 0 amide bonds. The van der Waals surface area contributed by atoms with Gasteiger partial charge in [-0.05, 0) is 43.0 Å². The molecule has 1 fully saturated rings. The van der Waals surface area contributed by atoms with Crippen molar-refractivity contribution in [2.24, 2.45) is 11.3 Å². The second-order valence-electron chi connectivity index (χ2n) is 8.72. The second-order valence-corrected chi connectivity index (χ2v) is 8.72. The molecule has 0 bridgehead atoms. The van der Waals surface area contributed by atoms with Crippen molar-refractivity contribution in [3.05, 3.63) is 29.2 Å². The van der Waals surface area contributed by atoms with Gasteiger partial charge in [-0.2, -0.15) is 0 Å². The summed E-state index contributed by atoms with van der Waals surface area (Å²) in [5.74, 6) is -0.106. The van der Waals surface area contributed by atoms with E-state index in [1.807, 2.05) is 19.9 Å². The summed E-state index contributed by atoms with van der Waals surface area (Å²) >= 11 is 0. The quantitative estimate of drug-likeness (QED) is 0.731. The highest BCUT2D eigenvalue weighted by Crippen LogP contribution is 2.58. The highest BCUT2D eigenvalue weighted by atomic mass is 16.5. The van der Waals surface area contributed by atoms with E-state index in [4.69, 9.17) is 13.9 Å². The van der Waals surface area contributed by atoms with E-state index in [1.165, 1.54) is 19.6 Å². The Balaban J connectivity index is 1.93. The third-order valence-corrected chi connectivity index (χ3v) is 6.86. The molecule has 0 radical (unpaired) electrons. The van der Waals surface area contributed by atoms with Crippen molar-refractivity contribution in [1.29, 1.82) is 0 Å². The number of hydrogen-bond donors (Lipinski definition) is 0. The first-order valence-corrected chi connectivity index (χ1v) is 9.85. The zero-order valence-corrected chi connectivity index (χ0v) is 17.1. The van der Waals surface area contributed by atoms with Gasteiger partial charge in [-0.15, -0.1) is 0 Å². The lowest BCUT2D eigenvalue weighted by molar-refractivity contribution is -0.176. The number of methoxy groups -OCH3 is 1. The van der Waals surface area contributed by atoms with E-state index < -0.39 is 5.41 Å². The van der Waals surface area contributed by atoms with Gasteiger partial charge in [0.05, 0.1) is 12.5 Å². The van der Waals surface area contributed by atoms with Gasteiger partial charge >= 0.3 is 11.9 Å². The number of carbonyl (C=O) groups is 2. The first-order chi connectivity index (χ1) is 13.2. The number of aromatic nitrogens is 1. The van der Waals surface area contributed by atoms with Crippen molar-refractivity contribution >= 4 is 23.0 Å². The molecule has 2 aromatic rings. The molecule has 6 nitrogen and oxygen atoms in total. The van der Waals surface area contributed by atoms with Crippen LogP contribution in [0.1, 0.15) is 57.1 Å². The lowest BCUT2D eigenvalue weighted by Gasteiger charge is -2.56. The molecular formula is C22H27NO5. The first kappa shape index (κ1) is 19.0. The molecule has 6 heteroatoms. The minimum absolute atomic E-state index is 0.168. The summed E-state index contributed by atoms with van der Waals surface area (Å²) in [6.45, 7) is 7.40. The molecule has 0 N–H and O–H groups in total. The Morgan fingerprint density at radius 3 is 2.68 bits per heavy atom. The highest BCUT2D eigenvalue weighted by Gasteiger charge is 2.60. The monoisotopic (exact) mass is 385 g/mol. The van der Waals surface area contributed by atoms with Gasteiger partial charge < -0.3 is 13.9 Å². The number of carbonyl (C=O) groups excluding carboxylic acids is 2. The fourth-order valence-corrected chi connectivity index (χ4v) is 5.91. The maximum absolute atomic E-state index is 12.9. The topological polar surface area (TPSA) is 78.6 Å². The first-order valence-electron chi connectivity index (χ1n) is 9.85. The number of ether oxygens (including phenoxy) is 2. The molecule has 1 aromatic heterocycles. The molecule has 0 aliphatic heterocycles. The number of rotatable bonds is 2. The Bertz CT molecular complexity index is 963. The summed E-state index contributed by atoms with van der Waals surface area (Å²) in [5, 5.41) is 0. The van der Waals surface area contributed by atoms with Gasteiger partial charge in [-0.25, -0.2) is 4.98 Å². The Labute approximate surface area is 164 Å². The Morgan fingerprint density at radius 1 is 1.25 bits per heavy atom. The minimum atomic E-state index is -0.716. The molecule has 4 rings (SSSR count). The largest absolute Gasteiger partial charge is 0.469 e. The van der Waals surface area contributed by atoms with Crippen LogP contribution < -0.4 is 0 Å². The SMILES string of the molecule is COC(=O)[C@]1(C)CCC[C@]2(C)c3cc4oc(C)nc4cc3C[C@@H](OC(C)=O)[C@@H]12. The molecule has 0 saturated heterocycles. The van der Waals surface area contributed by atoms with E-state index >= 15 is 0 Å². The summed E-state index contributed by atoms with van der Waals surface area (Å²) in [6.07, 6.45) is 2.71. The van der Waals surface area contributed by atoms with E-state index in [0.29, 0.717) is 12.3 Å². The van der Waals surface area contributed by atoms with Crippen LogP contribution in [0.4, 0.5) is 0 Å². The number of esters is 2. The summed E-state index contributed by atoms with van der Waals surface area (Å²) in [6, 6.07) is 4.12. The normalized spacial score (nSPS) is 31.8. The molecule has 2 aliphatic carbocycles. The third-order valence-electron chi connectivity index (χ3n) is 6.86. The Morgan fingerprint density at radius 2 is 2.00 bits per heavy atom. The predicted octanol–water partition coefficient (Wildman–Crippen LogP) is 3.86. The fraction of sp³-hybridized carbons (Fsp3) is 0.591. The molecule has 4 atom stereocenters. The third kappa shape index (κ3) is 2.65. The molecule has 0 spiro atoms. The highest BCUT2D eigenvalue weighted by molar-refractivity contribution is 5.79. The fourth-order valence-electron chi connectivity index (χ4n) is 5.91. The molecule has 1 saturated carbocycles. The van der Waals surface area contributed by atoms with Gasteiger partial charge in [-0.1, -0.05) is 13.3 Å². The molecule has 2 aliphatic rings. The maximum Gasteiger partial charge on any atom is 0.311 e. The van der Waals surface area contributed by atoms with Gasteiger partial charge in [0.25, 0.3) is 0 Å². The van der Waals surface area contributed by atoms with Crippen LogP contribution in [0.3, 0.4) is 0 Å². The molecular weight excluding hydrogens is 358 g/mol. The van der Waals surface area contributed by atoms with E-state index in [1.54, 1.807) is 0 Å². The average Bonchev–Trinajstić information content (AvgIpc) is 2.97. The number of benzene rings is 1. The maximum atomic E-state index is 12.9. The summed E-state index contributed by atoms with van der Waals surface area (Å²) in [5.41, 5.74) is 2.80. The van der Waals surface area contributed by atoms with Gasteiger partial charge in [0, 0.05) is 31.6 Å². The standard InChI is InChI=1S/C22H27NO5/c1-12-23-16-9-14-10-18(28-13(2)24)19-21(3,15(14)11-17(16)27-12)7-6-8-22(19,4)20(25)26-5/h9,11,18-19H,6-8,10H2,1-5H3/t18-,19-,21-,22-/m1/s1. The van der Waals surface area contributed by atoms with Crippen LogP contribution in [0, 0.1) is 18.3 Å². The van der Waals surface area contributed by atoms with Crippen LogP contribution in [-0.2, 0) is 30.9 Å². The zero-order chi connectivity index (χ0) is 20.3. The van der Waals surface area contributed by atoms with Gasteiger partial charge in [0.2, 0.25) is 0 Å². The Hall–Kier alpha value is -2.37. The number of aryl methyl sites for hydroxylation is 1. The van der Waals surface area contributed by atoms with Crippen molar-refractivity contribution in [3.8, 4) is 0 Å². The summed E-state index contributed by atoms with van der Waals surface area (Å²) in [4.78, 5) is 29.2. The number of fused-ring (bicyclic) bond motifs is 4. The van der Waals surface area contributed by atoms with E-state index in [2.05, 4.69) is 18.0 Å². The van der Waals surface area contributed by atoms with Crippen molar-refractivity contribution in [3.63, 3.8) is 0 Å². The number of nitrogens with zero attached hydrogens (tertiary/aromatic N) is 1. The predicted molar refractivity (Wildman–Crippen MR) is 103 cm³/mol. The Kier molecular flexibility index (Phi) is 4.28. The number of hydrogen-bond acceptors (Lipinski definition) is 6. The van der Waals surface area contributed by atoms with E-state index in [-0.39, 0.29) is 29.4 Å². The minimum Gasteiger partial charge on any atom is -0.469 e. The van der Waals surface area contributed by atoms with Crippen LogP contribution >= 0.6 is 0 Å². The second kappa shape index (κ2) is 6.33. The molecule has 150 valence electrons. The van der Waals surface area contributed by atoms with Gasteiger partial charge in [-0.3, -0.25) is 9.59 Å². The molecule has 1 aromatic carbocycles. The summed E-state index contributed by atoms with van der Waals surface area (Å²) in [7, 11) is 1.43. The van der Waals surface area contributed by atoms with Crippen molar-refractivity contribution in [2.45, 2.75) is 64.9 Å². The van der Waals surface area contributed by atoms with Crippen LogP contribution in [0.5, 0.6) is 0 Å². The zero-order valence-electron chi connectivity index (χ0n) is 17.1. The number of oxazole rings is 1. The smallest absolute Gasteiger partial charge is 0.311 e. The average molecular weight is 385 g/mol. The van der Waals surface area contributed by atoms with Gasteiger partial charge in [0.1, 0.15) is 11.6 Å². The molecule has 0 unspecified atom stereocenters. The van der Waals surface area contributed by atoms with Crippen LogP contribution in [0.25, 0.3) is 11.1 Å². The lowest BCUT2D eigenvalue weighted by Crippen LogP contribution is -2.59. The lowest BCUT2D eigenvalue weighted by atomic mass is 9.49. The van der Waals surface area contributed by atoms with Crippen molar-refractivity contribution < 1.29 is 23.5 Å². The van der Waals surface area contributed by atoms with Gasteiger partial charge in [0.15, 0.2) is 11.5 Å². The molecule has 28 heavy (non-hydrogen) atoms. The molecule has 1 heterocycles. The van der Waals surface area contributed by atoms with Crippen LogP contribution in [-0.4, -0.2) is 30.1 Å². The van der Waals surface area contributed by atoms with Crippen molar-refractivity contribution in [1.82, 2.24) is 4.98 Å². The van der Waals surface area contributed by atoms with Crippen LogP contribution in [0.15, 0.2) is 16.5 Å². The van der Waals surface area contributed by atoms with Crippen LogP contribution in [0.2, 0.25) is 0 Å². The summed E-state index contributed by atoms with van der Waals surface area (Å²) < 4.78 is 16.8. The van der Waals surface area contributed by atoms with E-state index in [9.17, 15) is 9.59 Å². The van der Waals surface area contributed by atoms with E-state index in [0.717, 1.165) is 35.9 Å². The van der Waals surface area contributed by atoms with Crippen molar-refractivity contribution in [2.75, 3.05) is 7.11 Å².